The molecule has 4 aliphatic rings. The molecule has 0 amide bonds. The highest BCUT2D eigenvalue weighted by atomic mass is 32.2. The van der Waals surface area contributed by atoms with Gasteiger partial charge in [0.2, 0.25) is 0 Å². The number of halogens is 1. The van der Waals surface area contributed by atoms with Crippen LogP contribution in [0.1, 0.15) is 64.9 Å². The third kappa shape index (κ3) is 6.46. The van der Waals surface area contributed by atoms with Gasteiger partial charge in [0.1, 0.15) is 17.3 Å². The van der Waals surface area contributed by atoms with Crippen molar-refractivity contribution < 1.29 is 9.18 Å². The van der Waals surface area contributed by atoms with Gasteiger partial charge in [-0.3, -0.25) is 9.10 Å². The first-order valence-corrected chi connectivity index (χ1v) is 16.3. The molecular weight excluding hydrogens is 519 g/mol. The first-order chi connectivity index (χ1) is 19.0. The topological polar surface area (TPSA) is 39.2 Å². The number of hydrogen-bond acceptors (Lipinski definition) is 5. The number of hydrogen-bond donors (Lipinski definition) is 0. The number of ketones is 1. The van der Waals surface area contributed by atoms with Crippen molar-refractivity contribution in [1.29, 1.82) is 0 Å². The van der Waals surface area contributed by atoms with Crippen molar-refractivity contribution in [2.24, 2.45) is 10.4 Å². The quantitative estimate of drug-likeness (QED) is 0.319. The number of likely N-dealkylation sites (N-methyl/N-ethyl adjacent to an activating group) is 1. The lowest BCUT2D eigenvalue weighted by Gasteiger charge is -2.45. The summed E-state index contributed by atoms with van der Waals surface area (Å²) >= 11 is 0. The van der Waals surface area contributed by atoms with Crippen LogP contribution in [0.15, 0.2) is 51.6 Å². The number of carbonyl (C=O) groups is 1. The van der Waals surface area contributed by atoms with Crippen LogP contribution in [0.25, 0.3) is 0 Å². The number of carbonyl (C=O) groups excluding carboxylic acids is 1. The number of fused-ring (bicyclic) bond motifs is 2. The second kappa shape index (κ2) is 13.3. The number of amidine groups is 1. The number of allylic oxidation sites excluding steroid dienone is 2. The first-order valence-electron chi connectivity index (χ1n) is 14.3. The summed E-state index contributed by atoms with van der Waals surface area (Å²) in [5, 5.41) is 0. The van der Waals surface area contributed by atoms with Crippen molar-refractivity contribution >= 4 is 32.8 Å². The summed E-state index contributed by atoms with van der Waals surface area (Å²) in [6.07, 6.45) is 16.3. The van der Waals surface area contributed by atoms with E-state index in [1.54, 1.807) is 13.0 Å². The molecule has 0 unspecified atom stereocenters. The highest BCUT2D eigenvalue weighted by Crippen LogP contribution is 2.49. The van der Waals surface area contributed by atoms with Gasteiger partial charge in [-0.2, -0.15) is 0 Å². The van der Waals surface area contributed by atoms with E-state index < -0.39 is 9.39 Å². The lowest BCUT2D eigenvalue weighted by molar-refractivity contribution is -0.113. The molecule has 5 rings (SSSR count). The molecule has 1 aliphatic carbocycles. The van der Waals surface area contributed by atoms with E-state index in [1.807, 2.05) is 13.0 Å². The van der Waals surface area contributed by atoms with Crippen LogP contribution in [-0.2, 0) is 11.2 Å². The molecule has 3 aliphatic heterocycles. The fourth-order valence-electron chi connectivity index (χ4n) is 6.37. The fourth-order valence-corrected chi connectivity index (χ4v) is 8.54. The first kappa shape index (κ1) is 31.9. The third-order valence-electron chi connectivity index (χ3n) is 8.77. The number of aliphatic imine (C=N–C) groups is 1. The summed E-state index contributed by atoms with van der Waals surface area (Å²) < 4.78 is 15.9. The molecule has 2 saturated heterocycles. The van der Waals surface area contributed by atoms with Crippen LogP contribution in [0.5, 0.6) is 0 Å². The van der Waals surface area contributed by atoms with Crippen molar-refractivity contribution in [2.75, 3.05) is 39.8 Å². The number of rotatable bonds is 4. The SMILES string of the molecule is C#C.C=C1C(C)=C(C(C)=O)N=C2N1CCCC21CCCC1.C=S(=C)(c1cc(F)ccc1CC)N1CCN(C)CC1. The van der Waals surface area contributed by atoms with Crippen molar-refractivity contribution in [3.05, 3.63) is 53.1 Å². The Kier molecular flexibility index (Phi) is 10.6. The summed E-state index contributed by atoms with van der Waals surface area (Å²) in [6, 6.07) is 5.03. The number of aryl methyl sites for hydroxylation is 1. The predicted octanol–water partition coefficient (Wildman–Crippen LogP) is 6.26. The number of Topliss-reactive ketones (excluding diaryl/α,β-unsaturated/α-hetero) is 1. The maximum atomic E-state index is 13.6. The maximum absolute atomic E-state index is 13.6. The van der Waals surface area contributed by atoms with E-state index in [-0.39, 0.29) is 17.0 Å². The van der Waals surface area contributed by atoms with Gasteiger partial charge >= 0.3 is 0 Å². The molecule has 7 heteroatoms. The molecule has 0 bridgehead atoms. The standard InChI is InChI=1S/C16H22N2O.C15H23FN2S.C2H2/c1-11-12(2)18-10-6-9-16(7-4-5-8-16)15(18)17-14(11)13(3)19;1-5-13-6-7-14(16)12-15(13)19(3,4)18-10-8-17(2)9-11-18;1-2/h2,4-10H2,1,3H3;6-7,12H,3-5,8-11H2,1-2H3;1-2H. The lowest BCUT2D eigenvalue weighted by Crippen LogP contribution is -2.48. The van der Waals surface area contributed by atoms with E-state index >= 15 is 0 Å². The van der Waals surface area contributed by atoms with Gasteiger partial charge in [-0.05, 0) is 63.8 Å². The van der Waals surface area contributed by atoms with E-state index in [0.717, 1.165) is 61.1 Å². The second-order valence-electron chi connectivity index (χ2n) is 11.3. The summed E-state index contributed by atoms with van der Waals surface area (Å²) in [6.45, 7) is 14.8. The van der Waals surface area contributed by atoms with Crippen molar-refractivity contribution in [2.45, 2.75) is 70.6 Å². The third-order valence-corrected chi connectivity index (χ3v) is 11.3. The largest absolute Gasteiger partial charge is 0.330 e. The molecule has 3 heterocycles. The van der Waals surface area contributed by atoms with Gasteiger partial charge < -0.3 is 9.80 Å². The van der Waals surface area contributed by atoms with Crippen molar-refractivity contribution in [1.82, 2.24) is 14.1 Å². The second-order valence-corrected chi connectivity index (χ2v) is 14.0. The summed E-state index contributed by atoms with van der Waals surface area (Å²) in [7, 11) is 0.541. The fraction of sp³-hybridized carbons (Fsp3) is 0.515. The zero-order chi connectivity index (χ0) is 29.7. The Hall–Kier alpha value is -2.66. The minimum atomic E-state index is -1.58. The number of benzene rings is 1. The highest BCUT2D eigenvalue weighted by Gasteiger charge is 2.46. The molecule has 0 N–H and O–H groups in total. The van der Waals surface area contributed by atoms with E-state index in [4.69, 9.17) is 4.99 Å². The normalized spacial score (nSPS) is 21.1. The van der Waals surface area contributed by atoms with Gasteiger partial charge in [0.05, 0.1) is 0 Å². The minimum absolute atomic E-state index is 0.0597. The van der Waals surface area contributed by atoms with Crippen molar-refractivity contribution in [3.8, 4) is 12.8 Å². The van der Waals surface area contributed by atoms with Crippen LogP contribution in [-0.4, -0.2) is 77.2 Å². The molecule has 0 atom stereocenters. The van der Waals surface area contributed by atoms with E-state index in [0.29, 0.717) is 5.70 Å². The molecule has 0 radical (unpaired) electrons. The molecule has 218 valence electrons. The molecule has 40 heavy (non-hydrogen) atoms. The smallest absolute Gasteiger partial charge is 0.178 e. The average Bonchev–Trinajstić information content (AvgIpc) is 3.41. The number of terminal acetylenes is 1. The van der Waals surface area contributed by atoms with Crippen LogP contribution in [0.3, 0.4) is 0 Å². The Balaban J connectivity index is 0.000000208. The molecule has 3 fully saturated rings. The van der Waals surface area contributed by atoms with E-state index in [1.165, 1.54) is 50.2 Å². The molecule has 1 aromatic rings. The highest BCUT2D eigenvalue weighted by molar-refractivity contribution is 8.25. The molecule has 1 saturated carbocycles. The molecular formula is C33H47FN4OS. The average molecular weight is 567 g/mol. The number of piperazine rings is 1. The Morgan fingerprint density at radius 1 is 1.07 bits per heavy atom. The summed E-state index contributed by atoms with van der Waals surface area (Å²) in [4.78, 5) is 22.2. The molecule has 1 aromatic carbocycles. The molecule has 5 nitrogen and oxygen atoms in total. The van der Waals surface area contributed by atoms with Crippen molar-refractivity contribution in [3.63, 3.8) is 0 Å². The zero-order valence-corrected chi connectivity index (χ0v) is 25.8. The monoisotopic (exact) mass is 566 g/mol. The maximum Gasteiger partial charge on any atom is 0.178 e. The van der Waals surface area contributed by atoms with Crippen LogP contribution < -0.4 is 0 Å². The number of piperidine rings is 1. The Bertz CT molecular complexity index is 1290. The van der Waals surface area contributed by atoms with Gasteiger partial charge in [0, 0.05) is 61.2 Å². The van der Waals surface area contributed by atoms with Gasteiger partial charge in [0.15, 0.2) is 5.78 Å². The van der Waals surface area contributed by atoms with E-state index in [2.05, 4.69) is 59.2 Å². The number of nitrogens with zero attached hydrogens (tertiary/aromatic N) is 4. The Labute approximate surface area is 242 Å². The van der Waals surface area contributed by atoms with Crippen LogP contribution in [0.2, 0.25) is 0 Å². The van der Waals surface area contributed by atoms with Gasteiger partial charge in [-0.1, -0.05) is 44.2 Å². The van der Waals surface area contributed by atoms with Gasteiger partial charge in [-0.25, -0.2) is 9.38 Å². The minimum Gasteiger partial charge on any atom is -0.330 e. The molecule has 1 spiro atoms. The van der Waals surface area contributed by atoms with Crippen LogP contribution in [0, 0.1) is 24.1 Å². The van der Waals surface area contributed by atoms with Gasteiger partial charge in [0.25, 0.3) is 0 Å². The summed E-state index contributed by atoms with van der Waals surface area (Å²) in [5.74, 6) is 9.71. The zero-order valence-electron chi connectivity index (χ0n) is 25.0. The predicted molar refractivity (Wildman–Crippen MR) is 172 cm³/mol. The van der Waals surface area contributed by atoms with Gasteiger partial charge in [-0.15, -0.1) is 22.2 Å². The Morgan fingerprint density at radius 3 is 2.25 bits per heavy atom. The van der Waals surface area contributed by atoms with Crippen LogP contribution in [0.4, 0.5) is 4.39 Å². The lowest BCUT2D eigenvalue weighted by atomic mass is 9.76. The van der Waals surface area contributed by atoms with Crippen LogP contribution >= 0.6 is 9.39 Å². The molecule has 0 aromatic heterocycles. The summed E-state index contributed by atoms with van der Waals surface area (Å²) in [5.41, 5.74) is 3.96. The Morgan fingerprint density at radius 2 is 1.68 bits per heavy atom. The van der Waals surface area contributed by atoms with E-state index in [9.17, 15) is 9.18 Å².